The standard InChI is InChI=1S/C26H29F2N9O2/c1-14(2)22-17(26-35-34-21(39-26)12-36-7-5-29-6-8-36)11-37-23(22)24(30-13-31-37)33-20-9-16(18(27)10-19(20)28)25(38)32-15-3-4-15/h9-11,13-15,29H,3-8,12H2,1-2H3,(H,32,38)(H,30,31,33). The normalized spacial score (nSPS) is 16.2. The van der Waals surface area contributed by atoms with Crippen LogP contribution in [0.25, 0.3) is 17.0 Å². The number of aromatic nitrogens is 5. The number of carbonyl (C=O) groups is 1. The van der Waals surface area contributed by atoms with Crippen LogP contribution in [0.1, 0.15) is 54.4 Å². The first-order valence-corrected chi connectivity index (χ1v) is 13.1. The molecule has 3 aromatic heterocycles. The highest BCUT2D eigenvalue weighted by Crippen LogP contribution is 2.37. The van der Waals surface area contributed by atoms with Gasteiger partial charge in [0, 0.05) is 44.5 Å². The Morgan fingerprint density at radius 3 is 2.72 bits per heavy atom. The number of carbonyl (C=O) groups excluding carboxylic acids is 1. The van der Waals surface area contributed by atoms with Gasteiger partial charge in [0.1, 0.15) is 23.5 Å². The summed E-state index contributed by atoms with van der Waals surface area (Å²) in [7, 11) is 0. The molecule has 0 unspecified atom stereocenters. The van der Waals surface area contributed by atoms with Crippen LogP contribution in [0.2, 0.25) is 0 Å². The maximum absolute atomic E-state index is 14.9. The SMILES string of the molecule is CC(C)c1c(-c2nnc(CN3CCNCC3)o2)cn2ncnc(Nc3cc(C(=O)NC4CC4)c(F)cc3F)c12. The van der Waals surface area contributed by atoms with Crippen LogP contribution in [0.3, 0.4) is 0 Å². The monoisotopic (exact) mass is 537 g/mol. The van der Waals surface area contributed by atoms with Crippen molar-refractivity contribution in [2.45, 2.75) is 45.2 Å². The highest BCUT2D eigenvalue weighted by atomic mass is 19.1. The van der Waals surface area contributed by atoms with Gasteiger partial charge in [-0.3, -0.25) is 9.69 Å². The number of halogens is 2. The summed E-state index contributed by atoms with van der Waals surface area (Å²) >= 11 is 0. The van der Waals surface area contributed by atoms with E-state index in [1.165, 1.54) is 12.4 Å². The Labute approximate surface area is 223 Å². The number of anilines is 2. The predicted octanol–water partition coefficient (Wildman–Crippen LogP) is 3.22. The molecule has 2 aliphatic rings. The Balaban J connectivity index is 1.35. The van der Waals surface area contributed by atoms with Crippen molar-refractivity contribution in [1.82, 2.24) is 40.3 Å². The summed E-state index contributed by atoms with van der Waals surface area (Å²) < 4.78 is 37.0. The van der Waals surface area contributed by atoms with Crippen molar-refractivity contribution in [3.8, 4) is 11.5 Å². The van der Waals surface area contributed by atoms with Crippen LogP contribution in [0, 0.1) is 11.6 Å². The molecule has 0 spiro atoms. The van der Waals surface area contributed by atoms with Crippen LogP contribution in [0.5, 0.6) is 0 Å². The van der Waals surface area contributed by atoms with Gasteiger partial charge in [0.25, 0.3) is 5.91 Å². The van der Waals surface area contributed by atoms with E-state index in [1.54, 1.807) is 10.7 Å². The molecule has 1 aromatic carbocycles. The summed E-state index contributed by atoms with van der Waals surface area (Å²) in [6.07, 6.45) is 4.80. The largest absolute Gasteiger partial charge is 0.419 e. The molecule has 2 fully saturated rings. The number of amides is 1. The molecule has 3 N–H and O–H groups in total. The van der Waals surface area contributed by atoms with Crippen molar-refractivity contribution < 1.29 is 18.0 Å². The van der Waals surface area contributed by atoms with E-state index < -0.39 is 17.5 Å². The molecule has 0 radical (unpaired) electrons. The Kier molecular flexibility index (Phi) is 6.69. The van der Waals surface area contributed by atoms with Gasteiger partial charge in [-0.05, 0) is 30.4 Å². The smallest absolute Gasteiger partial charge is 0.254 e. The summed E-state index contributed by atoms with van der Waals surface area (Å²) in [5.74, 6) is -1.20. The molecule has 1 aliphatic heterocycles. The van der Waals surface area contributed by atoms with Crippen LogP contribution >= 0.6 is 0 Å². The third kappa shape index (κ3) is 5.19. The van der Waals surface area contributed by atoms with Crippen molar-refractivity contribution in [2.24, 2.45) is 0 Å². The maximum atomic E-state index is 14.9. The molecule has 4 heterocycles. The molecule has 11 nitrogen and oxygen atoms in total. The second kappa shape index (κ2) is 10.3. The number of rotatable bonds is 8. The topological polar surface area (TPSA) is 126 Å². The van der Waals surface area contributed by atoms with Crippen LogP contribution in [-0.2, 0) is 6.54 Å². The summed E-state index contributed by atoms with van der Waals surface area (Å²) in [5, 5.41) is 21.9. The second-order valence-electron chi connectivity index (χ2n) is 10.2. The zero-order valence-electron chi connectivity index (χ0n) is 21.7. The molecular formula is C26H29F2N9O2. The van der Waals surface area contributed by atoms with E-state index in [-0.39, 0.29) is 23.2 Å². The first-order valence-electron chi connectivity index (χ1n) is 13.1. The molecule has 39 heavy (non-hydrogen) atoms. The fourth-order valence-electron chi connectivity index (χ4n) is 4.81. The van der Waals surface area contributed by atoms with Crippen molar-refractivity contribution >= 4 is 22.9 Å². The van der Waals surface area contributed by atoms with E-state index in [4.69, 9.17) is 4.42 Å². The third-order valence-electron chi connectivity index (χ3n) is 6.92. The zero-order valence-corrected chi connectivity index (χ0v) is 21.7. The van der Waals surface area contributed by atoms with E-state index in [1.807, 2.05) is 13.8 Å². The van der Waals surface area contributed by atoms with E-state index in [0.717, 1.165) is 44.6 Å². The molecule has 1 saturated carbocycles. The van der Waals surface area contributed by atoms with Gasteiger partial charge in [0.2, 0.25) is 11.8 Å². The lowest BCUT2D eigenvalue weighted by Crippen LogP contribution is -2.42. The van der Waals surface area contributed by atoms with Crippen molar-refractivity contribution in [3.05, 3.63) is 53.3 Å². The van der Waals surface area contributed by atoms with Crippen LogP contribution < -0.4 is 16.0 Å². The van der Waals surface area contributed by atoms with Gasteiger partial charge in [0.15, 0.2) is 5.82 Å². The van der Waals surface area contributed by atoms with E-state index in [2.05, 4.69) is 41.1 Å². The first kappa shape index (κ1) is 25.3. The lowest BCUT2D eigenvalue weighted by molar-refractivity contribution is 0.0947. The average Bonchev–Trinajstić information content (AvgIpc) is 3.44. The quantitative estimate of drug-likeness (QED) is 0.311. The van der Waals surface area contributed by atoms with Gasteiger partial charge in [-0.25, -0.2) is 18.3 Å². The van der Waals surface area contributed by atoms with E-state index >= 15 is 0 Å². The molecular weight excluding hydrogens is 508 g/mol. The van der Waals surface area contributed by atoms with Gasteiger partial charge in [-0.1, -0.05) is 13.8 Å². The lowest BCUT2D eigenvalue weighted by Gasteiger charge is -2.25. The first-order chi connectivity index (χ1) is 18.9. The number of piperazine rings is 1. The van der Waals surface area contributed by atoms with Gasteiger partial charge in [-0.15, -0.1) is 10.2 Å². The Bertz CT molecular complexity index is 1520. The molecule has 0 bridgehead atoms. The minimum absolute atomic E-state index is 0.0157. The van der Waals surface area contributed by atoms with Gasteiger partial charge in [-0.2, -0.15) is 5.10 Å². The summed E-state index contributed by atoms with van der Waals surface area (Å²) in [4.78, 5) is 19.1. The number of hydrogen-bond acceptors (Lipinski definition) is 9. The lowest BCUT2D eigenvalue weighted by atomic mass is 10.00. The minimum Gasteiger partial charge on any atom is -0.419 e. The van der Waals surface area contributed by atoms with Gasteiger partial charge in [0.05, 0.1) is 23.4 Å². The third-order valence-corrected chi connectivity index (χ3v) is 6.92. The highest BCUT2D eigenvalue weighted by molar-refractivity contribution is 5.96. The van der Waals surface area contributed by atoms with Gasteiger partial charge < -0.3 is 20.4 Å². The number of hydrogen-bond donors (Lipinski definition) is 3. The predicted molar refractivity (Wildman–Crippen MR) is 139 cm³/mol. The molecule has 13 heteroatoms. The summed E-state index contributed by atoms with van der Waals surface area (Å²) in [6, 6.07) is 1.91. The number of nitrogens with one attached hydrogen (secondary N) is 3. The van der Waals surface area contributed by atoms with Crippen LogP contribution in [0.15, 0.2) is 29.1 Å². The second-order valence-corrected chi connectivity index (χ2v) is 10.2. The van der Waals surface area contributed by atoms with Crippen molar-refractivity contribution in [2.75, 3.05) is 31.5 Å². The molecule has 1 aliphatic carbocycles. The average molecular weight is 538 g/mol. The molecule has 6 rings (SSSR count). The fourth-order valence-corrected chi connectivity index (χ4v) is 4.81. The molecule has 204 valence electrons. The van der Waals surface area contributed by atoms with Crippen molar-refractivity contribution in [3.63, 3.8) is 0 Å². The summed E-state index contributed by atoms with van der Waals surface area (Å²) in [5.41, 5.74) is 1.78. The maximum Gasteiger partial charge on any atom is 0.254 e. The van der Waals surface area contributed by atoms with Gasteiger partial charge >= 0.3 is 0 Å². The number of benzene rings is 1. The van der Waals surface area contributed by atoms with Crippen LogP contribution in [-0.4, -0.2) is 67.8 Å². The summed E-state index contributed by atoms with van der Waals surface area (Å²) in [6.45, 7) is 8.21. The van der Waals surface area contributed by atoms with E-state index in [0.29, 0.717) is 41.3 Å². The van der Waals surface area contributed by atoms with Crippen molar-refractivity contribution in [1.29, 1.82) is 0 Å². The molecule has 4 aromatic rings. The molecule has 0 atom stereocenters. The van der Waals surface area contributed by atoms with Crippen LogP contribution in [0.4, 0.5) is 20.3 Å². The zero-order chi connectivity index (χ0) is 27.1. The number of nitrogens with zero attached hydrogens (tertiary/aromatic N) is 6. The minimum atomic E-state index is -0.926. The highest BCUT2D eigenvalue weighted by Gasteiger charge is 2.27. The Morgan fingerprint density at radius 2 is 1.97 bits per heavy atom. The molecule has 1 saturated heterocycles. The fraction of sp³-hybridized carbons (Fsp3) is 0.423. The molecule has 1 amide bonds. The Hall–Kier alpha value is -3.97. The van der Waals surface area contributed by atoms with E-state index in [9.17, 15) is 13.6 Å². The Morgan fingerprint density at radius 1 is 1.18 bits per heavy atom. The number of fused-ring (bicyclic) bond motifs is 1.